The Morgan fingerprint density at radius 1 is 0.720 bits per heavy atom. The molecule has 0 fully saturated rings. The predicted molar refractivity (Wildman–Crippen MR) is 108 cm³/mol. The van der Waals surface area contributed by atoms with Crippen molar-refractivity contribution >= 4 is 27.0 Å². The molecular formula is C24H18S. The smallest absolute Gasteiger partial charge is 0.0463 e. The maximum Gasteiger partial charge on any atom is 0.0463 e. The van der Waals surface area contributed by atoms with E-state index < -0.39 is 0 Å². The van der Waals surface area contributed by atoms with Crippen LogP contribution in [0.5, 0.6) is 0 Å². The van der Waals surface area contributed by atoms with E-state index in [1.54, 1.807) is 0 Å². The van der Waals surface area contributed by atoms with Crippen LogP contribution in [0.1, 0.15) is 28.5 Å². The SMILES string of the molecule is CC1(c2ccccc2)C=C(c2ccccc2)c2c1sc1ccccc21. The summed E-state index contributed by atoms with van der Waals surface area (Å²) in [6.07, 6.45) is 2.46. The molecule has 4 aromatic rings. The Morgan fingerprint density at radius 2 is 1.36 bits per heavy atom. The maximum absolute atomic E-state index is 2.46. The van der Waals surface area contributed by atoms with Crippen LogP contribution in [0.15, 0.2) is 91.0 Å². The summed E-state index contributed by atoms with van der Waals surface area (Å²) in [5.74, 6) is 0. The third-order valence-electron chi connectivity index (χ3n) is 5.23. The molecule has 0 N–H and O–H groups in total. The lowest BCUT2D eigenvalue weighted by Gasteiger charge is -2.22. The first-order chi connectivity index (χ1) is 12.3. The minimum absolute atomic E-state index is 0.0779. The van der Waals surface area contributed by atoms with Gasteiger partial charge in [-0.15, -0.1) is 11.3 Å². The number of fused-ring (bicyclic) bond motifs is 3. The fourth-order valence-electron chi connectivity index (χ4n) is 3.95. The van der Waals surface area contributed by atoms with E-state index >= 15 is 0 Å². The molecule has 1 aliphatic rings. The average molecular weight is 338 g/mol. The van der Waals surface area contributed by atoms with Crippen molar-refractivity contribution in [1.29, 1.82) is 0 Å². The maximum atomic E-state index is 2.46. The molecular weight excluding hydrogens is 320 g/mol. The number of hydrogen-bond acceptors (Lipinski definition) is 1. The van der Waals surface area contributed by atoms with Crippen LogP contribution in [0.3, 0.4) is 0 Å². The van der Waals surface area contributed by atoms with Gasteiger partial charge in [0.25, 0.3) is 0 Å². The van der Waals surface area contributed by atoms with Crippen molar-refractivity contribution < 1.29 is 0 Å². The highest BCUT2D eigenvalue weighted by Crippen LogP contribution is 2.53. The first kappa shape index (κ1) is 14.7. The van der Waals surface area contributed by atoms with Gasteiger partial charge in [0.1, 0.15) is 0 Å². The second kappa shape index (κ2) is 5.44. The molecule has 0 bridgehead atoms. The number of hydrogen-bond donors (Lipinski definition) is 0. The molecule has 0 amide bonds. The summed E-state index contributed by atoms with van der Waals surface area (Å²) in [4.78, 5) is 1.46. The normalized spacial score (nSPS) is 19.0. The van der Waals surface area contributed by atoms with Crippen LogP contribution in [-0.4, -0.2) is 0 Å². The third-order valence-corrected chi connectivity index (χ3v) is 6.64. The molecule has 1 aliphatic carbocycles. The molecule has 1 atom stereocenters. The molecule has 0 nitrogen and oxygen atoms in total. The minimum atomic E-state index is -0.0779. The zero-order valence-electron chi connectivity index (χ0n) is 14.1. The number of benzene rings is 3. The van der Waals surface area contributed by atoms with Crippen LogP contribution < -0.4 is 0 Å². The second-order valence-electron chi connectivity index (χ2n) is 6.79. The third kappa shape index (κ3) is 2.13. The molecule has 0 spiro atoms. The van der Waals surface area contributed by atoms with Gasteiger partial charge in [0, 0.05) is 25.9 Å². The Hall–Kier alpha value is -2.64. The minimum Gasteiger partial charge on any atom is -0.138 e. The topological polar surface area (TPSA) is 0 Å². The number of rotatable bonds is 2. The summed E-state index contributed by atoms with van der Waals surface area (Å²) in [6.45, 7) is 2.35. The standard InChI is InChI=1S/C24H18S/c1-24(18-12-6-3-7-13-18)16-20(17-10-4-2-5-11-17)22-19-14-8-9-15-21(19)25-23(22)24/h2-16H,1H3. The molecule has 1 heteroatoms. The lowest BCUT2D eigenvalue weighted by atomic mass is 9.83. The van der Waals surface area contributed by atoms with Gasteiger partial charge in [-0.2, -0.15) is 0 Å². The van der Waals surface area contributed by atoms with Gasteiger partial charge in [0.2, 0.25) is 0 Å². The van der Waals surface area contributed by atoms with Crippen LogP contribution in [0, 0.1) is 0 Å². The van der Waals surface area contributed by atoms with Crippen molar-refractivity contribution in [3.63, 3.8) is 0 Å². The Kier molecular flexibility index (Phi) is 3.19. The zero-order chi connectivity index (χ0) is 16.9. The Labute approximate surface area is 152 Å². The van der Waals surface area contributed by atoms with E-state index in [2.05, 4.69) is 97.9 Å². The molecule has 25 heavy (non-hydrogen) atoms. The highest BCUT2D eigenvalue weighted by atomic mass is 32.1. The van der Waals surface area contributed by atoms with Crippen LogP contribution in [0.2, 0.25) is 0 Å². The van der Waals surface area contributed by atoms with Gasteiger partial charge in [-0.05, 0) is 29.7 Å². The lowest BCUT2D eigenvalue weighted by molar-refractivity contribution is 0.756. The lowest BCUT2D eigenvalue weighted by Crippen LogP contribution is -2.16. The van der Waals surface area contributed by atoms with Crippen LogP contribution in [0.4, 0.5) is 0 Å². The quantitative estimate of drug-likeness (QED) is 0.384. The van der Waals surface area contributed by atoms with Crippen molar-refractivity contribution in [2.75, 3.05) is 0 Å². The molecule has 0 aliphatic heterocycles. The predicted octanol–water partition coefficient (Wildman–Crippen LogP) is 6.65. The van der Waals surface area contributed by atoms with Crippen molar-refractivity contribution in [3.8, 4) is 0 Å². The molecule has 1 aromatic heterocycles. The van der Waals surface area contributed by atoms with Crippen molar-refractivity contribution in [2.24, 2.45) is 0 Å². The highest BCUT2D eigenvalue weighted by molar-refractivity contribution is 7.19. The summed E-state index contributed by atoms with van der Waals surface area (Å²) >= 11 is 1.93. The largest absolute Gasteiger partial charge is 0.138 e. The second-order valence-corrected chi connectivity index (χ2v) is 7.85. The summed E-state index contributed by atoms with van der Waals surface area (Å²) in [5, 5.41) is 1.37. The van der Waals surface area contributed by atoms with E-state index in [0.29, 0.717) is 0 Å². The summed E-state index contributed by atoms with van der Waals surface area (Å²) in [6, 6.07) is 30.4. The van der Waals surface area contributed by atoms with Gasteiger partial charge in [0.15, 0.2) is 0 Å². The highest BCUT2D eigenvalue weighted by Gasteiger charge is 2.38. The zero-order valence-corrected chi connectivity index (χ0v) is 14.9. The van der Waals surface area contributed by atoms with Crippen molar-refractivity contribution in [3.05, 3.63) is 113 Å². The van der Waals surface area contributed by atoms with Crippen LogP contribution in [-0.2, 0) is 5.41 Å². The Morgan fingerprint density at radius 3 is 2.12 bits per heavy atom. The summed E-state index contributed by atoms with van der Waals surface area (Å²) < 4.78 is 1.37. The molecule has 0 saturated heterocycles. The first-order valence-electron chi connectivity index (χ1n) is 8.63. The van der Waals surface area contributed by atoms with Gasteiger partial charge in [-0.3, -0.25) is 0 Å². The number of thiophene rings is 1. The van der Waals surface area contributed by atoms with Gasteiger partial charge >= 0.3 is 0 Å². The molecule has 120 valence electrons. The number of allylic oxidation sites excluding steroid dienone is 1. The molecule has 5 rings (SSSR count). The van der Waals surface area contributed by atoms with Gasteiger partial charge in [0.05, 0.1) is 0 Å². The Bertz CT molecular complexity index is 1090. The summed E-state index contributed by atoms with van der Waals surface area (Å²) in [7, 11) is 0. The van der Waals surface area contributed by atoms with E-state index in [0.717, 1.165) is 0 Å². The first-order valence-corrected chi connectivity index (χ1v) is 9.45. The average Bonchev–Trinajstić information content (AvgIpc) is 3.20. The van der Waals surface area contributed by atoms with Gasteiger partial charge in [-0.1, -0.05) is 84.9 Å². The van der Waals surface area contributed by atoms with Crippen molar-refractivity contribution in [2.45, 2.75) is 12.3 Å². The molecule has 1 unspecified atom stereocenters. The molecule has 1 heterocycles. The van der Waals surface area contributed by atoms with Crippen molar-refractivity contribution in [1.82, 2.24) is 0 Å². The van der Waals surface area contributed by atoms with E-state index in [9.17, 15) is 0 Å². The fourth-order valence-corrected chi connectivity index (χ4v) is 5.31. The van der Waals surface area contributed by atoms with Gasteiger partial charge in [-0.25, -0.2) is 0 Å². The molecule has 0 radical (unpaired) electrons. The van der Waals surface area contributed by atoms with E-state index in [-0.39, 0.29) is 5.41 Å². The van der Waals surface area contributed by atoms with E-state index in [1.165, 1.54) is 37.2 Å². The van der Waals surface area contributed by atoms with Crippen LogP contribution >= 0.6 is 11.3 Å². The Balaban J connectivity index is 1.85. The molecule has 0 saturated carbocycles. The molecule has 3 aromatic carbocycles. The van der Waals surface area contributed by atoms with E-state index in [1.807, 2.05) is 11.3 Å². The summed E-state index contributed by atoms with van der Waals surface area (Å²) in [5.41, 5.74) is 5.35. The van der Waals surface area contributed by atoms with Gasteiger partial charge < -0.3 is 0 Å². The van der Waals surface area contributed by atoms with E-state index in [4.69, 9.17) is 0 Å². The van der Waals surface area contributed by atoms with Crippen LogP contribution in [0.25, 0.3) is 15.7 Å². The monoisotopic (exact) mass is 338 g/mol. The fraction of sp³-hybridized carbons (Fsp3) is 0.0833.